The first-order valence-electron chi connectivity index (χ1n) is 12.0. The van der Waals surface area contributed by atoms with Crippen molar-refractivity contribution in [2.24, 2.45) is 7.05 Å². The number of aromatic nitrogens is 3. The van der Waals surface area contributed by atoms with Gasteiger partial charge in [-0.25, -0.2) is 14.8 Å². The molecule has 0 aliphatic carbocycles. The highest BCUT2D eigenvalue weighted by Crippen LogP contribution is 2.36. The van der Waals surface area contributed by atoms with E-state index in [1.54, 1.807) is 31.2 Å². The Kier molecular flexibility index (Phi) is 6.51. The van der Waals surface area contributed by atoms with Crippen LogP contribution >= 0.6 is 0 Å². The Balaban J connectivity index is 1.76. The van der Waals surface area contributed by atoms with Crippen LogP contribution in [0.5, 0.6) is 0 Å². The van der Waals surface area contributed by atoms with Crippen molar-refractivity contribution in [3.63, 3.8) is 0 Å². The van der Waals surface area contributed by atoms with Gasteiger partial charge in [0.1, 0.15) is 5.69 Å². The van der Waals surface area contributed by atoms with Crippen molar-refractivity contribution in [3.8, 4) is 22.5 Å². The Labute approximate surface area is 214 Å². The number of para-hydroxylation sites is 1. The second-order valence-electron chi connectivity index (χ2n) is 8.70. The predicted octanol–water partition coefficient (Wildman–Crippen LogP) is 6.04. The molecule has 0 radical (unpaired) electrons. The van der Waals surface area contributed by atoms with Crippen LogP contribution in [0.1, 0.15) is 33.3 Å². The number of carbonyl (C=O) groups is 2. The zero-order chi connectivity index (χ0) is 25.9. The second kappa shape index (κ2) is 10.1. The van der Waals surface area contributed by atoms with Gasteiger partial charge in [0.25, 0.3) is 5.91 Å². The molecule has 0 bridgehead atoms. The third-order valence-electron chi connectivity index (χ3n) is 6.11. The number of fused-ring (bicyclic) bond motifs is 1. The molecule has 7 nitrogen and oxygen atoms in total. The Morgan fingerprint density at radius 2 is 1.59 bits per heavy atom. The minimum atomic E-state index is -0.656. The van der Waals surface area contributed by atoms with Crippen molar-refractivity contribution in [2.75, 3.05) is 11.9 Å². The highest BCUT2D eigenvalue weighted by Gasteiger charge is 2.25. The minimum Gasteiger partial charge on any atom is -0.461 e. The molecule has 0 atom stereocenters. The van der Waals surface area contributed by atoms with E-state index in [1.807, 2.05) is 79.3 Å². The van der Waals surface area contributed by atoms with Gasteiger partial charge in [0.2, 0.25) is 0 Å². The minimum absolute atomic E-state index is 0.0473. The van der Waals surface area contributed by atoms with Gasteiger partial charge >= 0.3 is 5.97 Å². The van der Waals surface area contributed by atoms with Crippen molar-refractivity contribution in [1.82, 2.24) is 14.5 Å². The maximum Gasteiger partial charge on any atom is 0.360 e. The van der Waals surface area contributed by atoms with Crippen molar-refractivity contribution < 1.29 is 14.3 Å². The Bertz CT molecular complexity index is 1610. The summed E-state index contributed by atoms with van der Waals surface area (Å²) in [7, 11) is 1.97. The largest absolute Gasteiger partial charge is 0.461 e. The number of aryl methyl sites for hydroxylation is 2. The first kappa shape index (κ1) is 23.9. The van der Waals surface area contributed by atoms with Crippen LogP contribution in [0.2, 0.25) is 0 Å². The van der Waals surface area contributed by atoms with E-state index in [0.29, 0.717) is 17.0 Å². The van der Waals surface area contributed by atoms with E-state index in [1.165, 1.54) is 0 Å². The number of hydrogen-bond acceptors (Lipinski definition) is 5. The molecule has 5 rings (SSSR count). The normalized spacial score (nSPS) is 10.9. The lowest BCUT2D eigenvalue weighted by Crippen LogP contribution is -2.19. The summed E-state index contributed by atoms with van der Waals surface area (Å²) in [6, 6.07) is 24.6. The van der Waals surface area contributed by atoms with Crippen molar-refractivity contribution >= 4 is 28.6 Å². The average Bonchev–Trinajstić information content (AvgIpc) is 3.26. The first-order chi connectivity index (χ1) is 18.0. The van der Waals surface area contributed by atoms with Gasteiger partial charge in [-0.3, -0.25) is 4.79 Å². The zero-order valence-corrected chi connectivity index (χ0v) is 20.9. The first-order valence-corrected chi connectivity index (χ1v) is 12.0. The van der Waals surface area contributed by atoms with E-state index in [-0.39, 0.29) is 18.1 Å². The van der Waals surface area contributed by atoms with Gasteiger partial charge in [0.05, 0.1) is 12.3 Å². The molecule has 7 heteroatoms. The summed E-state index contributed by atoms with van der Waals surface area (Å²) < 4.78 is 7.31. The molecule has 2 aromatic heterocycles. The fraction of sp³-hybridized carbons (Fsp3) is 0.133. The van der Waals surface area contributed by atoms with Gasteiger partial charge in [0.15, 0.2) is 11.5 Å². The van der Waals surface area contributed by atoms with Crippen molar-refractivity contribution in [2.45, 2.75) is 13.8 Å². The second-order valence-corrected chi connectivity index (χ2v) is 8.70. The predicted molar refractivity (Wildman–Crippen MR) is 144 cm³/mol. The molecular weight excluding hydrogens is 464 g/mol. The van der Waals surface area contributed by atoms with Crippen molar-refractivity contribution in [3.05, 3.63) is 102 Å². The lowest BCUT2D eigenvalue weighted by Gasteiger charge is -2.15. The van der Waals surface area contributed by atoms with Crippen LogP contribution in [-0.2, 0) is 11.8 Å². The Morgan fingerprint density at radius 3 is 2.32 bits per heavy atom. The SMILES string of the molecule is CCOC(=O)c1nc(-c2ccc(C)cc2)c(-c2cn(C)c3ccccc23)nc1NC(=O)c1ccccc1. The summed E-state index contributed by atoms with van der Waals surface area (Å²) in [6.07, 6.45) is 1.99. The lowest BCUT2D eigenvalue weighted by atomic mass is 10.0. The number of nitrogens with zero attached hydrogens (tertiary/aromatic N) is 3. The monoisotopic (exact) mass is 490 g/mol. The fourth-order valence-electron chi connectivity index (χ4n) is 4.26. The van der Waals surface area contributed by atoms with Crippen LogP contribution in [0.3, 0.4) is 0 Å². The van der Waals surface area contributed by atoms with Crippen LogP contribution in [0.15, 0.2) is 85.1 Å². The van der Waals surface area contributed by atoms with E-state index in [0.717, 1.165) is 27.6 Å². The number of benzene rings is 3. The van der Waals surface area contributed by atoms with Gasteiger partial charge in [-0.05, 0) is 32.0 Å². The Hall–Kier alpha value is -4.78. The molecule has 0 unspecified atom stereocenters. The Morgan fingerprint density at radius 1 is 0.892 bits per heavy atom. The number of esters is 1. The summed E-state index contributed by atoms with van der Waals surface area (Å²) in [5.74, 6) is -1.00. The summed E-state index contributed by atoms with van der Waals surface area (Å²) >= 11 is 0. The van der Waals surface area contributed by atoms with Gasteiger partial charge in [-0.2, -0.15) is 0 Å². The molecule has 0 saturated heterocycles. The zero-order valence-electron chi connectivity index (χ0n) is 20.9. The number of anilines is 1. The average molecular weight is 491 g/mol. The number of amides is 1. The van der Waals surface area contributed by atoms with Crippen LogP contribution in [0.25, 0.3) is 33.4 Å². The van der Waals surface area contributed by atoms with Gasteiger partial charge in [0, 0.05) is 40.8 Å². The third-order valence-corrected chi connectivity index (χ3v) is 6.11. The van der Waals surface area contributed by atoms with E-state index in [9.17, 15) is 9.59 Å². The molecule has 3 aromatic carbocycles. The maximum absolute atomic E-state index is 13.1. The number of nitrogens with one attached hydrogen (secondary N) is 1. The number of hydrogen-bond donors (Lipinski definition) is 1. The molecular formula is C30H26N4O3. The standard InChI is InChI=1S/C30H26N4O3/c1-4-37-30(36)27-28(33-29(35)21-10-6-5-7-11-21)32-26(25(31-27)20-16-14-19(2)15-17-20)23-18-34(3)24-13-9-8-12-22(23)24/h5-18H,4H2,1-3H3,(H,32,33,35). The topological polar surface area (TPSA) is 86.1 Å². The summed E-state index contributed by atoms with van der Waals surface area (Å²) in [6.45, 7) is 3.89. The van der Waals surface area contributed by atoms with E-state index in [2.05, 4.69) is 5.32 Å². The van der Waals surface area contributed by atoms with Crippen LogP contribution < -0.4 is 5.32 Å². The molecule has 1 amide bonds. The molecule has 0 fully saturated rings. The van der Waals surface area contributed by atoms with E-state index in [4.69, 9.17) is 14.7 Å². The maximum atomic E-state index is 13.1. The summed E-state index contributed by atoms with van der Waals surface area (Å²) in [5, 5.41) is 3.78. The highest BCUT2D eigenvalue weighted by molar-refractivity contribution is 6.08. The molecule has 0 aliphatic heterocycles. The van der Waals surface area contributed by atoms with Gasteiger partial charge < -0.3 is 14.6 Å². The summed E-state index contributed by atoms with van der Waals surface area (Å²) in [5.41, 5.74) is 5.23. The van der Waals surface area contributed by atoms with Gasteiger partial charge in [-0.1, -0.05) is 66.2 Å². The summed E-state index contributed by atoms with van der Waals surface area (Å²) in [4.78, 5) is 35.7. The number of carbonyl (C=O) groups excluding carboxylic acids is 2. The molecule has 0 aliphatic rings. The number of ether oxygens (including phenoxy) is 1. The third kappa shape index (κ3) is 4.71. The molecule has 1 N–H and O–H groups in total. The lowest BCUT2D eigenvalue weighted by molar-refractivity contribution is 0.0520. The quantitative estimate of drug-likeness (QED) is 0.293. The highest BCUT2D eigenvalue weighted by atomic mass is 16.5. The van der Waals surface area contributed by atoms with Crippen LogP contribution in [-0.4, -0.2) is 33.0 Å². The van der Waals surface area contributed by atoms with Crippen LogP contribution in [0.4, 0.5) is 5.82 Å². The molecule has 0 spiro atoms. The molecule has 184 valence electrons. The molecule has 0 saturated carbocycles. The van der Waals surface area contributed by atoms with Gasteiger partial charge in [-0.15, -0.1) is 0 Å². The fourth-order valence-corrected chi connectivity index (χ4v) is 4.26. The van der Waals surface area contributed by atoms with E-state index >= 15 is 0 Å². The molecule has 5 aromatic rings. The smallest absolute Gasteiger partial charge is 0.360 e. The van der Waals surface area contributed by atoms with Crippen LogP contribution in [0, 0.1) is 6.92 Å². The van der Waals surface area contributed by atoms with Crippen molar-refractivity contribution in [1.29, 1.82) is 0 Å². The van der Waals surface area contributed by atoms with E-state index < -0.39 is 11.9 Å². The molecule has 2 heterocycles. The number of rotatable bonds is 6. The molecule has 37 heavy (non-hydrogen) atoms.